The quantitative estimate of drug-likeness (QED) is 0.823. The highest BCUT2D eigenvalue weighted by Crippen LogP contribution is 2.27. The molecule has 0 atom stereocenters. The van der Waals surface area contributed by atoms with Crippen molar-refractivity contribution in [2.24, 2.45) is 4.99 Å². The number of H-pyrrole nitrogens is 1. The molecule has 0 spiro atoms. The number of hydrogen-bond donors (Lipinski definition) is 1. The third-order valence-electron chi connectivity index (χ3n) is 2.92. The van der Waals surface area contributed by atoms with Gasteiger partial charge in [0.2, 0.25) is 0 Å². The van der Waals surface area contributed by atoms with E-state index in [1.807, 2.05) is 6.08 Å². The van der Waals surface area contributed by atoms with Crippen molar-refractivity contribution >= 4 is 11.4 Å². The molecule has 0 aliphatic carbocycles. The SMILES string of the molecule is CCCCC(OC)=C1C=C(c2ncc[nH]2)N=C1C#N. The predicted molar refractivity (Wildman–Crippen MR) is 73.2 cm³/mol. The number of methoxy groups -OCH3 is 1. The molecule has 0 unspecified atom stereocenters. The zero-order valence-electron chi connectivity index (χ0n) is 11.1. The Morgan fingerprint density at radius 2 is 2.37 bits per heavy atom. The minimum Gasteiger partial charge on any atom is -0.500 e. The van der Waals surface area contributed by atoms with Crippen LogP contribution in [-0.4, -0.2) is 22.8 Å². The van der Waals surface area contributed by atoms with E-state index >= 15 is 0 Å². The number of nitrogens with one attached hydrogen (secondary N) is 1. The lowest BCUT2D eigenvalue weighted by atomic mass is 10.1. The van der Waals surface area contributed by atoms with Crippen molar-refractivity contribution in [2.45, 2.75) is 26.2 Å². The summed E-state index contributed by atoms with van der Waals surface area (Å²) in [4.78, 5) is 11.4. The predicted octanol–water partition coefficient (Wildman–Crippen LogP) is 2.82. The van der Waals surface area contributed by atoms with Crippen LogP contribution in [0.2, 0.25) is 0 Å². The summed E-state index contributed by atoms with van der Waals surface area (Å²) >= 11 is 0. The molecule has 0 saturated carbocycles. The molecule has 5 heteroatoms. The molecule has 19 heavy (non-hydrogen) atoms. The van der Waals surface area contributed by atoms with Gasteiger partial charge in [0.1, 0.15) is 17.5 Å². The average molecular weight is 256 g/mol. The van der Waals surface area contributed by atoms with Gasteiger partial charge in [0.05, 0.1) is 12.7 Å². The molecule has 0 radical (unpaired) electrons. The molecule has 0 fully saturated rings. The number of hydrogen-bond acceptors (Lipinski definition) is 4. The van der Waals surface area contributed by atoms with E-state index in [0.29, 0.717) is 17.2 Å². The van der Waals surface area contributed by atoms with Crippen molar-refractivity contribution in [1.82, 2.24) is 9.97 Å². The minimum atomic E-state index is 0.388. The molecule has 1 aliphatic heterocycles. The van der Waals surface area contributed by atoms with Gasteiger partial charge in [-0.05, 0) is 12.5 Å². The Balaban J connectivity index is 2.37. The summed E-state index contributed by atoms with van der Waals surface area (Å²) in [6.45, 7) is 2.12. The molecule has 0 aromatic carbocycles. The van der Waals surface area contributed by atoms with Crippen molar-refractivity contribution in [1.29, 1.82) is 5.26 Å². The van der Waals surface area contributed by atoms with E-state index in [4.69, 9.17) is 4.74 Å². The maximum atomic E-state index is 9.19. The first kappa shape index (κ1) is 13.1. The fourth-order valence-electron chi connectivity index (χ4n) is 1.93. The molecule has 1 aromatic heterocycles. The van der Waals surface area contributed by atoms with Crippen LogP contribution in [0, 0.1) is 11.3 Å². The summed E-state index contributed by atoms with van der Waals surface area (Å²) in [6, 6.07) is 2.12. The molecule has 5 nitrogen and oxygen atoms in total. The van der Waals surface area contributed by atoms with E-state index in [-0.39, 0.29) is 0 Å². The Hall–Kier alpha value is -2.35. The first-order valence-electron chi connectivity index (χ1n) is 6.28. The Morgan fingerprint density at radius 3 is 2.95 bits per heavy atom. The first-order valence-corrected chi connectivity index (χ1v) is 6.28. The van der Waals surface area contributed by atoms with Gasteiger partial charge in [0.25, 0.3) is 0 Å². The number of unbranched alkanes of at least 4 members (excludes halogenated alkanes) is 1. The maximum absolute atomic E-state index is 9.19. The van der Waals surface area contributed by atoms with Crippen LogP contribution in [0.25, 0.3) is 5.70 Å². The van der Waals surface area contributed by atoms with Gasteiger partial charge < -0.3 is 9.72 Å². The molecule has 2 heterocycles. The molecular formula is C14H16N4O. The summed E-state index contributed by atoms with van der Waals surface area (Å²) in [6.07, 6.45) is 8.15. The molecule has 98 valence electrons. The number of nitriles is 1. The molecule has 2 rings (SSSR count). The molecule has 0 bridgehead atoms. The van der Waals surface area contributed by atoms with Crippen LogP contribution >= 0.6 is 0 Å². The van der Waals surface area contributed by atoms with Gasteiger partial charge in [0.15, 0.2) is 11.5 Å². The summed E-state index contributed by atoms with van der Waals surface area (Å²) in [5.74, 6) is 1.47. The van der Waals surface area contributed by atoms with Gasteiger partial charge in [-0.2, -0.15) is 5.26 Å². The Kier molecular flexibility index (Phi) is 4.14. The van der Waals surface area contributed by atoms with Crippen molar-refractivity contribution in [3.05, 3.63) is 35.6 Å². The largest absolute Gasteiger partial charge is 0.500 e. The highest BCUT2D eigenvalue weighted by atomic mass is 16.5. The fourth-order valence-corrected chi connectivity index (χ4v) is 1.93. The highest BCUT2D eigenvalue weighted by Gasteiger charge is 2.21. The number of aromatic nitrogens is 2. The van der Waals surface area contributed by atoms with E-state index < -0.39 is 0 Å². The third-order valence-corrected chi connectivity index (χ3v) is 2.92. The van der Waals surface area contributed by atoms with Gasteiger partial charge >= 0.3 is 0 Å². The normalized spacial score (nSPS) is 16.7. The second-order valence-electron chi connectivity index (χ2n) is 4.18. The van der Waals surface area contributed by atoms with E-state index in [1.54, 1.807) is 19.5 Å². The maximum Gasteiger partial charge on any atom is 0.156 e. The van der Waals surface area contributed by atoms with Crippen LogP contribution < -0.4 is 0 Å². The molecule has 1 aromatic rings. The number of nitrogens with zero attached hydrogens (tertiary/aromatic N) is 3. The minimum absolute atomic E-state index is 0.388. The zero-order valence-corrected chi connectivity index (χ0v) is 11.1. The number of aliphatic imine (C=N–C) groups is 1. The van der Waals surface area contributed by atoms with Crippen molar-refractivity contribution in [2.75, 3.05) is 7.11 Å². The smallest absolute Gasteiger partial charge is 0.156 e. The number of aromatic amines is 1. The van der Waals surface area contributed by atoms with E-state index in [1.165, 1.54) is 0 Å². The summed E-state index contributed by atoms with van der Waals surface area (Å²) in [5.41, 5.74) is 1.83. The van der Waals surface area contributed by atoms with Gasteiger partial charge in [-0.1, -0.05) is 13.3 Å². The second-order valence-corrected chi connectivity index (χ2v) is 4.18. The zero-order chi connectivity index (χ0) is 13.7. The second kappa shape index (κ2) is 6.01. The van der Waals surface area contributed by atoms with Crippen LogP contribution in [0.4, 0.5) is 0 Å². The molecular weight excluding hydrogens is 240 g/mol. The average Bonchev–Trinajstić information content (AvgIpc) is 3.08. The first-order chi connectivity index (χ1) is 9.30. The number of imidazole rings is 1. The number of rotatable bonds is 5. The molecule has 0 saturated heterocycles. The Morgan fingerprint density at radius 1 is 1.53 bits per heavy atom. The van der Waals surface area contributed by atoms with E-state index in [0.717, 1.165) is 30.6 Å². The molecule has 1 aliphatic rings. The van der Waals surface area contributed by atoms with Crippen LogP contribution in [0.1, 0.15) is 32.0 Å². The van der Waals surface area contributed by atoms with Crippen molar-refractivity contribution in [3.8, 4) is 6.07 Å². The summed E-state index contributed by atoms with van der Waals surface area (Å²) < 4.78 is 5.41. The lowest BCUT2D eigenvalue weighted by Crippen LogP contribution is -2.00. The van der Waals surface area contributed by atoms with Gasteiger partial charge in [-0.3, -0.25) is 0 Å². The van der Waals surface area contributed by atoms with Crippen LogP contribution in [0.5, 0.6) is 0 Å². The van der Waals surface area contributed by atoms with E-state index in [2.05, 4.69) is 28.0 Å². The monoisotopic (exact) mass is 256 g/mol. The molecule has 0 amide bonds. The Bertz CT molecular complexity index is 573. The summed E-state index contributed by atoms with van der Waals surface area (Å²) in [7, 11) is 1.63. The summed E-state index contributed by atoms with van der Waals surface area (Å²) in [5, 5.41) is 9.19. The van der Waals surface area contributed by atoms with Gasteiger partial charge in [0, 0.05) is 18.8 Å². The number of allylic oxidation sites excluding steroid dienone is 3. The van der Waals surface area contributed by atoms with Crippen molar-refractivity contribution < 1.29 is 4.74 Å². The highest BCUT2D eigenvalue weighted by molar-refractivity contribution is 6.18. The standard InChI is InChI=1S/C14H16N4O/c1-3-4-5-13(19-2)10-8-11(18-12(10)9-15)14-16-6-7-17-14/h6-8H,3-5H2,1-2H3,(H,16,17). The topological polar surface area (TPSA) is 74.1 Å². The number of ether oxygens (including phenoxy) is 1. The fraction of sp³-hybridized carbons (Fsp3) is 0.357. The lowest BCUT2D eigenvalue weighted by molar-refractivity contribution is 0.273. The lowest BCUT2D eigenvalue weighted by Gasteiger charge is -2.07. The van der Waals surface area contributed by atoms with Gasteiger partial charge in [-0.25, -0.2) is 9.98 Å². The van der Waals surface area contributed by atoms with Crippen molar-refractivity contribution in [3.63, 3.8) is 0 Å². The molecule has 1 N–H and O–H groups in total. The third kappa shape index (κ3) is 2.74. The van der Waals surface area contributed by atoms with Crippen LogP contribution in [-0.2, 0) is 4.74 Å². The van der Waals surface area contributed by atoms with Gasteiger partial charge in [-0.15, -0.1) is 0 Å². The van der Waals surface area contributed by atoms with Crippen LogP contribution in [0.15, 0.2) is 34.8 Å². The van der Waals surface area contributed by atoms with E-state index in [9.17, 15) is 5.26 Å². The Labute approximate surface area is 112 Å². The van der Waals surface area contributed by atoms with Crippen LogP contribution in [0.3, 0.4) is 0 Å².